The third-order valence-corrected chi connectivity index (χ3v) is 2.30. The number of nitrogens with zero attached hydrogens (tertiary/aromatic N) is 1. The highest BCUT2D eigenvalue weighted by molar-refractivity contribution is 5.81. The third kappa shape index (κ3) is 4.90. The number of carbonyl (C=O) groups is 1. The van der Waals surface area contributed by atoms with Gasteiger partial charge in [-0.1, -0.05) is 13.8 Å². The van der Waals surface area contributed by atoms with Crippen LogP contribution in [0.5, 0.6) is 0 Å². The molecule has 1 amide bonds. The second-order valence-corrected chi connectivity index (χ2v) is 4.47. The van der Waals surface area contributed by atoms with E-state index in [0.717, 1.165) is 18.2 Å². The first kappa shape index (κ1) is 14.9. The van der Waals surface area contributed by atoms with Gasteiger partial charge in [-0.3, -0.25) is 14.9 Å². The van der Waals surface area contributed by atoms with Crippen LogP contribution >= 0.6 is 0 Å². The van der Waals surface area contributed by atoms with Gasteiger partial charge in [-0.2, -0.15) is 0 Å². The molecule has 0 bridgehead atoms. The van der Waals surface area contributed by atoms with E-state index in [-0.39, 0.29) is 23.8 Å². The lowest BCUT2D eigenvalue weighted by Gasteiger charge is -2.09. The van der Waals surface area contributed by atoms with Gasteiger partial charge in [0.1, 0.15) is 11.5 Å². The van der Waals surface area contributed by atoms with Gasteiger partial charge in [0.15, 0.2) is 0 Å². The maximum Gasteiger partial charge on any atom is 0.292 e. The molecule has 0 heterocycles. The van der Waals surface area contributed by atoms with Crippen molar-refractivity contribution < 1.29 is 14.1 Å². The van der Waals surface area contributed by atoms with E-state index in [9.17, 15) is 19.3 Å². The molecule has 1 rings (SSSR count). The number of carbonyl (C=O) groups excluding carboxylic acids is 1. The van der Waals surface area contributed by atoms with E-state index in [1.165, 1.54) is 0 Å². The lowest BCUT2D eigenvalue weighted by molar-refractivity contribution is -0.384. The molecule has 0 saturated carbocycles. The van der Waals surface area contributed by atoms with Crippen LogP contribution in [0.1, 0.15) is 13.8 Å². The Morgan fingerprint density at radius 1 is 1.47 bits per heavy atom. The zero-order valence-corrected chi connectivity index (χ0v) is 10.8. The lowest BCUT2D eigenvalue weighted by atomic mass is 10.2. The fourth-order valence-electron chi connectivity index (χ4n) is 1.37. The van der Waals surface area contributed by atoms with E-state index in [2.05, 4.69) is 10.6 Å². The number of nitrogens with one attached hydrogen (secondary N) is 2. The van der Waals surface area contributed by atoms with Crippen molar-refractivity contribution in [1.29, 1.82) is 0 Å². The molecule has 104 valence electrons. The monoisotopic (exact) mass is 269 g/mol. The summed E-state index contributed by atoms with van der Waals surface area (Å²) >= 11 is 0. The average Bonchev–Trinajstić information content (AvgIpc) is 2.33. The molecular formula is C12H16FN3O3. The highest BCUT2D eigenvalue weighted by atomic mass is 19.1. The number of anilines is 1. The van der Waals surface area contributed by atoms with Crippen LogP contribution in [0.4, 0.5) is 15.8 Å². The first-order valence-corrected chi connectivity index (χ1v) is 5.84. The molecule has 0 unspecified atom stereocenters. The number of rotatable bonds is 6. The molecule has 7 heteroatoms. The fraction of sp³-hybridized carbons (Fsp3) is 0.417. The predicted molar refractivity (Wildman–Crippen MR) is 69.4 cm³/mol. The zero-order valence-electron chi connectivity index (χ0n) is 10.8. The highest BCUT2D eigenvalue weighted by Gasteiger charge is 2.15. The molecule has 1 aromatic rings. The maximum absolute atomic E-state index is 13.0. The Bertz CT molecular complexity index is 477. The average molecular weight is 269 g/mol. The minimum atomic E-state index is -0.631. The van der Waals surface area contributed by atoms with E-state index in [1.54, 1.807) is 0 Å². The Balaban J connectivity index is 2.64. The molecule has 2 N–H and O–H groups in total. The molecule has 0 aliphatic carbocycles. The van der Waals surface area contributed by atoms with Gasteiger partial charge in [0.25, 0.3) is 5.69 Å². The summed E-state index contributed by atoms with van der Waals surface area (Å²) in [6.45, 7) is 4.28. The summed E-state index contributed by atoms with van der Waals surface area (Å²) in [5, 5.41) is 16.0. The summed E-state index contributed by atoms with van der Waals surface area (Å²) in [6.07, 6.45) is 0. The Kier molecular flexibility index (Phi) is 5.23. The molecule has 0 spiro atoms. The van der Waals surface area contributed by atoms with Crippen LogP contribution in [-0.2, 0) is 4.79 Å². The Morgan fingerprint density at radius 2 is 2.16 bits per heavy atom. The SMILES string of the molecule is CC(C)CNC(=O)CNc1cc(F)ccc1[N+](=O)[O-]. The molecule has 0 aliphatic heterocycles. The van der Waals surface area contributed by atoms with E-state index in [0.29, 0.717) is 12.5 Å². The van der Waals surface area contributed by atoms with Crippen LogP contribution in [0.3, 0.4) is 0 Å². The normalized spacial score (nSPS) is 10.3. The first-order chi connectivity index (χ1) is 8.90. The molecule has 0 radical (unpaired) electrons. The smallest absolute Gasteiger partial charge is 0.292 e. The molecule has 1 aromatic carbocycles. The Hall–Kier alpha value is -2.18. The number of benzene rings is 1. The van der Waals surface area contributed by atoms with Gasteiger partial charge in [-0.05, 0) is 12.0 Å². The number of amides is 1. The zero-order chi connectivity index (χ0) is 14.4. The van der Waals surface area contributed by atoms with Gasteiger partial charge >= 0.3 is 0 Å². The fourth-order valence-corrected chi connectivity index (χ4v) is 1.37. The minimum Gasteiger partial charge on any atom is -0.370 e. The van der Waals surface area contributed by atoms with Crippen molar-refractivity contribution in [2.24, 2.45) is 5.92 Å². The van der Waals surface area contributed by atoms with Crippen LogP contribution in [0.15, 0.2) is 18.2 Å². The van der Waals surface area contributed by atoms with Crippen LogP contribution < -0.4 is 10.6 Å². The largest absolute Gasteiger partial charge is 0.370 e. The molecule has 6 nitrogen and oxygen atoms in total. The topological polar surface area (TPSA) is 84.3 Å². The lowest BCUT2D eigenvalue weighted by Crippen LogP contribution is -2.32. The second kappa shape index (κ2) is 6.67. The van der Waals surface area contributed by atoms with Gasteiger partial charge < -0.3 is 10.6 Å². The van der Waals surface area contributed by atoms with Crippen LogP contribution in [0.2, 0.25) is 0 Å². The summed E-state index contributed by atoms with van der Waals surface area (Å²) in [5.74, 6) is -0.588. The standard InChI is InChI=1S/C12H16FN3O3/c1-8(2)6-15-12(17)7-14-10-5-9(13)3-4-11(10)16(18)19/h3-5,8,14H,6-7H2,1-2H3,(H,15,17). The minimum absolute atomic E-state index is 0.00954. The number of hydrogen-bond donors (Lipinski definition) is 2. The third-order valence-electron chi connectivity index (χ3n) is 2.30. The summed E-state index contributed by atoms with van der Waals surface area (Å²) in [5.41, 5.74) is -0.275. The molecule has 0 aliphatic rings. The number of nitro benzene ring substituents is 1. The van der Waals surface area contributed by atoms with Gasteiger partial charge in [0, 0.05) is 18.7 Å². The van der Waals surface area contributed by atoms with Crippen molar-refractivity contribution in [1.82, 2.24) is 5.32 Å². The molecule has 0 atom stereocenters. The van der Waals surface area contributed by atoms with Crippen molar-refractivity contribution in [3.63, 3.8) is 0 Å². The van der Waals surface area contributed by atoms with Gasteiger partial charge in [-0.25, -0.2) is 4.39 Å². The van der Waals surface area contributed by atoms with Gasteiger partial charge in [-0.15, -0.1) is 0 Å². The van der Waals surface area contributed by atoms with Gasteiger partial charge in [0.05, 0.1) is 11.5 Å². The summed E-state index contributed by atoms with van der Waals surface area (Å²) in [6, 6.07) is 3.06. The van der Waals surface area contributed by atoms with Crippen molar-refractivity contribution in [2.75, 3.05) is 18.4 Å². The van der Waals surface area contributed by atoms with E-state index in [1.807, 2.05) is 13.8 Å². The number of hydrogen-bond acceptors (Lipinski definition) is 4. The molecule has 0 fully saturated rings. The van der Waals surface area contributed by atoms with Gasteiger partial charge in [0.2, 0.25) is 5.91 Å². The molecular weight excluding hydrogens is 253 g/mol. The van der Waals surface area contributed by atoms with Crippen molar-refractivity contribution in [3.8, 4) is 0 Å². The van der Waals surface area contributed by atoms with E-state index in [4.69, 9.17) is 0 Å². The summed E-state index contributed by atoms with van der Waals surface area (Å²) < 4.78 is 13.0. The Labute approximate surface area is 110 Å². The molecule has 19 heavy (non-hydrogen) atoms. The molecule has 0 aromatic heterocycles. The second-order valence-electron chi connectivity index (χ2n) is 4.47. The van der Waals surface area contributed by atoms with E-state index >= 15 is 0 Å². The highest BCUT2D eigenvalue weighted by Crippen LogP contribution is 2.24. The van der Waals surface area contributed by atoms with Crippen LogP contribution in [0, 0.1) is 21.8 Å². The van der Waals surface area contributed by atoms with Crippen molar-refractivity contribution in [2.45, 2.75) is 13.8 Å². The first-order valence-electron chi connectivity index (χ1n) is 5.84. The summed E-state index contributed by atoms with van der Waals surface area (Å²) in [7, 11) is 0. The van der Waals surface area contributed by atoms with Crippen molar-refractivity contribution >= 4 is 17.3 Å². The number of halogens is 1. The van der Waals surface area contributed by atoms with Crippen molar-refractivity contribution in [3.05, 3.63) is 34.1 Å². The van der Waals surface area contributed by atoms with E-state index < -0.39 is 10.7 Å². The Morgan fingerprint density at radius 3 is 2.74 bits per heavy atom. The number of nitro groups is 1. The predicted octanol–water partition coefficient (Wildman–Crippen LogP) is 1.92. The van der Waals surface area contributed by atoms with Crippen LogP contribution in [-0.4, -0.2) is 23.9 Å². The summed E-state index contributed by atoms with van der Waals surface area (Å²) in [4.78, 5) is 21.6. The maximum atomic E-state index is 13.0. The molecule has 0 saturated heterocycles. The quantitative estimate of drug-likeness (QED) is 0.610. The van der Waals surface area contributed by atoms with Crippen LogP contribution in [0.25, 0.3) is 0 Å².